The Hall–Kier alpha value is -1.40. The monoisotopic (exact) mass is 268 g/mol. The Morgan fingerprint density at radius 1 is 1.44 bits per heavy atom. The average molecular weight is 268 g/mol. The van der Waals surface area contributed by atoms with Gasteiger partial charge in [0.15, 0.2) is 11.5 Å². The maximum absolute atomic E-state index is 10.6. The standard InChI is InChI=1S/C12H14NO4S/c1-8-6-10-11(7-9(8)2)17-12(13-10)4-3-5-18(14,15)16/h7H,3-5H2,1-2H3,(H,14,15,16). The molecule has 1 radical (unpaired) electrons. The second-order valence-corrected chi connectivity index (χ2v) is 5.86. The van der Waals surface area contributed by atoms with Crippen molar-refractivity contribution in [3.8, 4) is 0 Å². The van der Waals surface area contributed by atoms with Gasteiger partial charge in [0.25, 0.3) is 10.1 Å². The van der Waals surface area contributed by atoms with E-state index < -0.39 is 10.1 Å². The molecule has 0 aliphatic carbocycles. The van der Waals surface area contributed by atoms with E-state index in [1.807, 2.05) is 19.9 Å². The third-order valence-corrected chi connectivity index (χ3v) is 3.54. The molecular formula is C12H14NO4S. The Labute approximate surface area is 106 Å². The topological polar surface area (TPSA) is 80.4 Å². The summed E-state index contributed by atoms with van der Waals surface area (Å²) in [5.74, 6) is 0.183. The van der Waals surface area contributed by atoms with Crippen LogP contribution in [0.5, 0.6) is 0 Å². The van der Waals surface area contributed by atoms with E-state index in [0.29, 0.717) is 23.4 Å². The summed E-state index contributed by atoms with van der Waals surface area (Å²) in [6.45, 7) is 3.91. The minimum absolute atomic E-state index is 0.281. The molecular weight excluding hydrogens is 254 g/mol. The molecule has 0 amide bonds. The van der Waals surface area contributed by atoms with Gasteiger partial charge >= 0.3 is 0 Å². The predicted octanol–water partition coefficient (Wildman–Crippen LogP) is 2.07. The van der Waals surface area contributed by atoms with Crippen molar-refractivity contribution in [3.05, 3.63) is 29.2 Å². The lowest BCUT2D eigenvalue weighted by Crippen LogP contribution is -2.04. The van der Waals surface area contributed by atoms with Crippen molar-refractivity contribution in [1.82, 2.24) is 4.98 Å². The van der Waals surface area contributed by atoms with Gasteiger partial charge in [-0.2, -0.15) is 8.42 Å². The van der Waals surface area contributed by atoms with Crippen LogP contribution in [-0.4, -0.2) is 23.7 Å². The van der Waals surface area contributed by atoms with Crippen LogP contribution in [-0.2, 0) is 16.5 Å². The van der Waals surface area contributed by atoms with Crippen LogP contribution in [0.1, 0.15) is 23.4 Å². The zero-order chi connectivity index (χ0) is 13.3. The molecule has 0 saturated carbocycles. The quantitative estimate of drug-likeness (QED) is 0.858. The van der Waals surface area contributed by atoms with Crippen LogP contribution in [0.2, 0.25) is 0 Å². The van der Waals surface area contributed by atoms with Crippen molar-refractivity contribution < 1.29 is 17.4 Å². The van der Waals surface area contributed by atoms with Crippen LogP contribution < -0.4 is 0 Å². The minimum atomic E-state index is -3.92. The van der Waals surface area contributed by atoms with Gasteiger partial charge in [-0.3, -0.25) is 4.55 Å². The summed E-state index contributed by atoms with van der Waals surface area (Å²) in [5.41, 5.74) is 3.39. The van der Waals surface area contributed by atoms with Gasteiger partial charge in [-0.1, -0.05) is 0 Å². The van der Waals surface area contributed by atoms with Gasteiger partial charge in [-0.15, -0.1) is 0 Å². The van der Waals surface area contributed by atoms with Crippen molar-refractivity contribution in [2.24, 2.45) is 0 Å². The van der Waals surface area contributed by atoms with Gasteiger partial charge in [-0.05, 0) is 37.5 Å². The predicted molar refractivity (Wildman–Crippen MR) is 67.1 cm³/mol. The lowest BCUT2D eigenvalue weighted by Gasteiger charge is -1.95. The molecule has 1 aromatic carbocycles. The molecule has 97 valence electrons. The first-order valence-electron chi connectivity index (χ1n) is 5.59. The Balaban J connectivity index is 2.15. The van der Waals surface area contributed by atoms with E-state index in [-0.39, 0.29) is 12.2 Å². The molecule has 5 nitrogen and oxygen atoms in total. The summed E-state index contributed by atoms with van der Waals surface area (Å²) < 4.78 is 35.3. The third kappa shape index (κ3) is 3.08. The fourth-order valence-corrected chi connectivity index (χ4v) is 2.17. The fraction of sp³-hybridized carbons (Fsp3) is 0.417. The first kappa shape index (κ1) is 13.0. The molecule has 0 aliphatic heterocycles. The molecule has 0 atom stereocenters. The molecule has 1 aromatic heterocycles. The van der Waals surface area contributed by atoms with Gasteiger partial charge in [0.1, 0.15) is 5.52 Å². The molecule has 1 N–H and O–H groups in total. The maximum Gasteiger partial charge on any atom is 0.264 e. The average Bonchev–Trinajstić information content (AvgIpc) is 2.58. The molecule has 0 unspecified atom stereocenters. The van der Waals surface area contributed by atoms with Gasteiger partial charge in [-0.25, -0.2) is 4.98 Å². The molecule has 2 rings (SSSR count). The third-order valence-electron chi connectivity index (χ3n) is 2.74. The number of benzene rings is 1. The van der Waals surface area contributed by atoms with Crippen molar-refractivity contribution in [2.75, 3.05) is 5.75 Å². The highest BCUT2D eigenvalue weighted by Gasteiger charge is 2.10. The lowest BCUT2D eigenvalue weighted by molar-refractivity contribution is 0.477. The van der Waals surface area contributed by atoms with Gasteiger partial charge in [0.2, 0.25) is 0 Å². The number of oxazole rings is 1. The molecule has 0 spiro atoms. The summed E-state index contributed by atoms with van der Waals surface area (Å²) in [6, 6.07) is 5.00. The Kier molecular flexibility index (Phi) is 3.41. The van der Waals surface area contributed by atoms with Crippen molar-refractivity contribution in [1.29, 1.82) is 0 Å². The molecule has 1 heterocycles. The van der Waals surface area contributed by atoms with Crippen LogP contribution in [0.3, 0.4) is 0 Å². The molecule has 18 heavy (non-hydrogen) atoms. The van der Waals surface area contributed by atoms with E-state index in [0.717, 1.165) is 11.1 Å². The largest absolute Gasteiger partial charge is 0.441 e. The van der Waals surface area contributed by atoms with E-state index in [2.05, 4.69) is 11.1 Å². The number of fused-ring (bicyclic) bond motifs is 1. The first-order chi connectivity index (χ1) is 8.35. The Bertz CT molecular complexity index is 634. The second-order valence-electron chi connectivity index (χ2n) is 4.29. The van der Waals surface area contributed by atoms with E-state index in [1.54, 1.807) is 0 Å². The summed E-state index contributed by atoms with van der Waals surface area (Å²) >= 11 is 0. The molecule has 2 aromatic rings. The maximum atomic E-state index is 10.6. The van der Waals surface area contributed by atoms with Crippen LogP contribution >= 0.6 is 0 Å². The van der Waals surface area contributed by atoms with E-state index >= 15 is 0 Å². The number of aromatic nitrogens is 1. The number of aryl methyl sites for hydroxylation is 3. The fourth-order valence-electron chi connectivity index (χ4n) is 1.66. The minimum Gasteiger partial charge on any atom is -0.441 e. The van der Waals surface area contributed by atoms with Gasteiger partial charge in [0, 0.05) is 12.5 Å². The summed E-state index contributed by atoms with van der Waals surface area (Å²) in [6.07, 6.45) is 0.657. The van der Waals surface area contributed by atoms with Crippen LogP contribution in [0.4, 0.5) is 0 Å². The number of hydrogen-bond acceptors (Lipinski definition) is 4. The highest BCUT2D eigenvalue weighted by atomic mass is 32.2. The first-order valence-corrected chi connectivity index (χ1v) is 7.20. The van der Waals surface area contributed by atoms with E-state index in [4.69, 9.17) is 8.97 Å². The Morgan fingerprint density at radius 2 is 2.17 bits per heavy atom. The van der Waals surface area contributed by atoms with E-state index in [1.165, 1.54) is 0 Å². The lowest BCUT2D eigenvalue weighted by atomic mass is 10.1. The second kappa shape index (κ2) is 4.70. The zero-order valence-electron chi connectivity index (χ0n) is 10.2. The smallest absolute Gasteiger partial charge is 0.264 e. The number of hydrogen-bond donors (Lipinski definition) is 1. The number of nitrogens with zero attached hydrogens (tertiary/aromatic N) is 1. The van der Waals surface area contributed by atoms with Crippen LogP contribution in [0, 0.1) is 19.9 Å². The summed E-state index contributed by atoms with van der Waals surface area (Å²) in [5, 5.41) is 0. The molecule has 0 saturated heterocycles. The summed E-state index contributed by atoms with van der Waals surface area (Å²) in [4.78, 5) is 4.24. The Morgan fingerprint density at radius 3 is 2.83 bits per heavy atom. The molecule has 0 fully saturated rings. The normalized spacial score (nSPS) is 12.2. The summed E-state index contributed by atoms with van der Waals surface area (Å²) in [7, 11) is -3.92. The van der Waals surface area contributed by atoms with Crippen molar-refractivity contribution in [2.45, 2.75) is 26.7 Å². The molecule has 0 bridgehead atoms. The SMILES string of the molecule is Cc1[c]c2nc(CCCS(=O)(=O)O)oc2cc1C. The zero-order valence-corrected chi connectivity index (χ0v) is 11.0. The van der Waals surface area contributed by atoms with Crippen LogP contribution in [0.25, 0.3) is 11.1 Å². The highest BCUT2D eigenvalue weighted by molar-refractivity contribution is 7.85. The van der Waals surface area contributed by atoms with E-state index in [9.17, 15) is 8.42 Å². The molecule has 6 heteroatoms. The van der Waals surface area contributed by atoms with Gasteiger partial charge in [0.05, 0.1) is 5.75 Å². The van der Waals surface area contributed by atoms with Crippen LogP contribution in [0.15, 0.2) is 10.5 Å². The number of rotatable bonds is 4. The van der Waals surface area contributed by atoms with Crippen molar-refractivity contribution >= 4 is 21.2 Å². The molecule has 0 aliphatic rings. The van der Waals surface area contributed by atoms with Gasteiger partial charge < -0.3 is 4.42 Å². The van der Waals surface area contributed by atoms with Crippen molar-refractivity contribution in [3.63, 3.8) is 0 Å². The highest BCUT2D eigenvalue weighted by Crippen LogP contribution is 2.20.